The zero-order chi connectivity index (χ0) is 21.8. The lowest BCUT2D eigenvalue weighted by molar-refractivity contribution is -0.190. The lowest BCUT2D eigenvalue weighted by Crippen LogP contribution is -2.54. The Balaban J connectivity index is 2.27. The molecule has 2 rings (SSSR count). The van der Waals surface area contributed by atoms with Crippen LogP contribution in [0.15, 0.2) is 11.1 Å². The van der Waals surface area contributed by atoms with Gasteiger partial charge in [-0.25, -0.2) is 9.37 Å². The number of aromatic amines is 1. The second kappa shape index (κ2) is 9.30. The minimum atomic E-state index is -2.70. The molecule has 2 aromatic heterocycles. The number of carboxylic acids is 1. The molecule has 0 aliphatic rings. The number of hydrogen-bond donors (Lipinski definition) is 6. The number of anilines is 1. The summed E-state index contributed by atoms with van der Waals surface area (Å²) in [6.45, 7) is -2.81. The molecule has 0 amide bonds. The minimum absolute atomic E-state index is 0.260. The van der Waals surface area contributed by atoms with Crippen LogP contribution in [-0.4, -0.2) is 80.0 Å². The number of aliphatic hydroxyl groups excluding tert-OH is 1. The van der Waals surface area contributed by atoms with Crippen molar-refractivity contribution in [3.05, 3.63) is 16.7 Å². The molecule has 16 heteroatoms. The Morgan fingerprint density at radius 1 is 1.59 bits per heavy atom. The number of nitrogen functional groups attached to an aromatic ring is 1. The molecule has 160 valence electrons. The molecule has 2 aromatic rings. The fraction of sp³-hybridized carbons (Fsp3) is 0.538. The van der Waals surface area contributed by atoms with Gasteiger partial charge in [-0.15, -0.1) is 4.52 Å². The van der Waals surface area contributed by atoms with Crippen LogP contribution in [0.2, 0.25) is 0 Å². The van der Waals surface area contributed by atoms with Crippen molar-refractivity contribution in [1.29, 1.82) is 0 Å². The fourth-order valence-corrected chi connectivity index (χ4v) is 3.04. The number of nitrogens with zero attached hydrogens (tertiary/aromatic N) is 3. The molecule has 7 N–H and O–H groups in total. The van der Waals surface area contributed by atoms with Crippen molar-refractivity contribution in [1.82, 2.24) is 24.6 Å². The topological polar surface area (TPSA) is 215 Å². The van der Waals surface area contributed by atoms with E-state index in [0.717, 1.165) is 13.4 Å². The molecule has 0 saturated heterocycles. The Morgan fingerprint density at radius 2 is 2.28 bits per heavy atom. The van der Waals surface area contributed by atoms with Crippen molar-refractivity contribution in [2.45, 2.75) is 17.9 Å². The molecule has 0 aromatic carbocycles. The van der Waals surface area contributed by atoms with Crippen LogP contribution >= 0.6 is 8.18 Å². The summed E-state index contributed by atoms with van der Waals surface area (Å²) >= 11 is 0. The maximum atomic E-state index is 13.9. The van der Waals surface area contributed by atoms with E-state index in [1.54, 1.807) is 0 Å². The number of aliphatic hydroxyl groups is 2. The summed E-state index contributed by atoms with van der Waals surface area (Å²) in [7, 11) is -1.53. The number of H-pyrrole nitrogens is 1. The van der Waals surface area contributed by atoms with Crippen molar-refractivity contribution in [2.24, 2.45) is 0 Å². The van der Waals surface area contributed by atoms with Crippen LogP contribution < -0.4 is 16.4 Å². The molecule has 2 heterocycles. The van der Waals surface area contributed by atoms with Crippen molar-refractivity contribution in [3.63, 3.8) is 0 Å². The van der Waals surface area contributed by atoms with Gasteiger partial charge in [0.25, 0.3) is 5.56 Å². The number of alkyl halides is 1. The van der Waals surface area contributed by atoms with E-state index in [0.29, 0.717) is 4.57 Å². The molecule has 0 saturated carbocycles. The van der Waals surface area contributed by atoms with Crippen molar-refractivity contribution < 1.29 is 38.3 Å². The number of halogens is 1. The van der Waals surface area contributed by atoms with Crippen molar-refractivity contribution in [3.8, 4) is 0 Å². The van der Waals surface area contributed by atoms with Crippen LogP contribution in [-0.2, 0) is 24.3 Å². The second-order valence-electron chi connectivity index (χ2n) is 5.75. The average molecular weight is 437 g/mol. The summed E-state index contributed by atoms with van der Waals surface area (Å²) in [5.74, 6) is -1.60. The quantitative estimate of drug-likeness (QED) is 0.211. The molecule has 29 heavy (non-hydrogen) atoms. The smallest absolute Gasteiger partial charge is 0.480 e. The number of carboxylic acid groups (broad SMARTS) is 1. The van der Waals surface area contributed by atoms with Gasteiger partial charge in [-0.2, -0.15) is 4.98 Å². The lowest BCUT2D eigenvalue weighted by atomic mass is 10.0. The van der Waals surface area contributed by atoms with E-state index in [4.69, 9.17) is 20.1 Å². The predicted molar refractivity (Wildman–Crippen MR) is 94.7 cm³/mol. The summed E-state index contributed by atoms with van der Waals surface area (Å²) in [5.41, 5.74) is 1.46. The first kappa shape index (κ1) is 22.7. The van der Waals surface area contributed by atoms with Gasteiger partial charge in [0.2, 0.25) is 11.7 Å². The summed E-state index contributed by atoms with van der Waals surface area (Å²) in [6, 6.07) is 0. The molecular formula is C13H19FN6O8P+. The largest absolute Gasteiger partial charge is 0.613 e. The summed E-state index contributed by atoms with van der Waals surface area (Å²) in [6.07, 6.45) is -2.55. The fourth-order valence-electron chi connectivity index (χ4n) is 2.40. The Morgan fingerprint density at radius 3 is 2.86 bits per heavy atom. The molecule has 0 aliphatic carbocycles. The molecular weight excluding hydrogens is 418 g/mol. The van der Waals surface area contributed by atoms with E-state index < -0.39 is 57.5 Å². The first-order valence-electron chi connectivity index (χ1n) is 7.92. The lowest BCUT2D eigenvalue weighted by Gasteiger charge is -2.34. The van der Waals surface area contributed by atoms with Gasteiger partial charge in [-0.05, 0) is 4.57 Å². The number of fused-ring (bicyclic) bond motifs is 1. The van der Waals surface area contributed by atoms with Crippen molar-refractivity contribution >= 4 is 31.3 Å². The highest BCUT2D eigenvalue weighted by atomic mass is 31.1. The van der Waals surface area contributed by atoms with Crippen LogP contribution in [0, 0.1) is 0 Å². The third-order valence-electron chi connectivity index (χ3n) is 3.88. The first-order chi connectivity index (χ1) is 13.6. The third kappa shape index (κ3) is 4.90. The molecule has 0 aliphatic heterocycles. The van der Waals surface area contributed by atoms with E-state index in [2.05, 4.69) is 20.0 Å². The molecule has 0 fully saturated rings. The molecule has 3 unspecified atom stereocenters. The number of methoxy groups -OCH3 is 1. The Labute approximate surface area is 162 Å². The molecule has 14 nitrogen and oxygen atoms in total. The number of aromatic nitrogens is 4. The number of carbonyl (C=O) groups is 1. The summed E-state index contributed by atoms with van der Waals surface area (Å²) < 4.78 is 36.0. The maximum Gasteiger partial charge on any atom is 0.613 e. The molecule has 0 spiro atoms. The van der Waals surface area contributed by atoms with Crippen LogP contribution in [0.25, 0.3) is 11.2 Å². The van der Waals surface area contributed by atoms with E-state index >= 15 is 0 Å². The number of rotatable bonds is 11. The normalized spacial score (nSPS) is 16.3. The number of aliphatic carboxylic acids is 1. The Bertz CT molecular complexity index is 953. The van der Waals surface area contributed by atoms with Gasteiger partial charge in [-0.1, -0.05) is 5.09 Å². The van der Waals surface area contributed by atoms with Crippen LogP contribution in [0.5, 0.6) is 0 Å². The van der Waals surface area contributed by atoms with Gasteiger partial charge in [0.1, 0.15) is 32.0 Å². The van der Waals surface area contributed by atoms with E-state index in [-0.39, 0.29) is 17.1 Å². The number of nitrogens with two attached hydrogens (primary N) is 1. The average Bonchev–Trinajstić information content (AvgIpc) is 3.10. The van der Waals surface area contributed by atoms with Gasteiger partial charge in [0, 0.05) is 7.11 Å². The monoisotopic (exact) mass is 437 g/mol. The highest BCUT2D eigenvalue weighted by molar-refractivity contribution is 7.36. The number of ether oxygens (including phenoxy) is 1. The SMILES string of the molecule is COC(CO[P+](=O)NCC(=O)O)[C@H](O)C(O)(CF)n1cnc2c(=O)[nH]c(N)nc21. The van der Waals surface area contributed by atoms with E-state index in [1.807, 2.05) is 0 Å². The Kier molecular flexibility index (Phi) is 7.29. The van der Waals surface area contributed by atoms with Gasteiger partial charge >= 0.3 is 14.1 Å². The summed E-state index contributed by atoms with van der Waals surface area (Å²) in [4.78, 5) is 32.0. The van der Waals surface area contributed by atoms with Crippen molar-refractivity contribution in [2.75, 3.05) is 32.7 Å². The predicted octanol–water partition coefficient (Wildman–Crippen LogP) is -1.96. The standard InChI is InChI=1S/C13H18FN6O8P/c1-27-6(3-28-29(26)17-2-7(21)22)9(23)13(25,4-14)20-5-16-8-10(20)18-12(15)19-11(8)24/h5-6,9,23,25H,2-4H2,1H3,(H4-,15,17,18,19,21,22,24,26)/p+1/t6?,9-,13?/m0/s1. The van der Waals surface area contributed by atoms with Crippen LogP contribution in [0.3, 0.4) is 0 Å². The summed E-state index contributed by atoms with van der Waals surface area (Å²) in [5, 5.41) is 31.9. The highest BCUT2D eigenvalue weighted by Gasteiger charge is 2.45. The molecule has 0 radical (unpaired) electrons. The van der Waals surface area contributed by atoms with E-state index in [9.17, 15) is 28.8 Å². The maximum absolute atomic E-state index is 13.9. The number of imidazole rings is 1. The molecule has 0 bridgehead atoms. The molecule has 4 atom stereocenters. The number of hydrogen-bond acceptors (Lipinski definition) is 10. The third-order valence-corrected chi connectivity index (χ3v) is 4.68. The van der Waals surface area contributed by atoms with Gasteiger partial charge in [0.15, 0.2) is 11.2 Å². The highest BCUT2D eigenvalue weighted by Crippen LogP contribution is 2.27. The van der Waals surface area contributed by atoms with Gasteiger partial charge in [0.05, 0.1) is 6.33 Å². The minimum Gasteiger partial charge on any atom is -0.480 e. The van der Waals surface area contributed by atoms with Gasteiger partial charge < -0.3 is 25.8 Å². The van der Waals surface area contributed by atoms with Gasteiger partial charge in [-0.3, -0.25) is 19.1 Å². The zero-order valence-corrected chi connectivity index (χ0v) is 15.9. The second-order valence-corrected chi connectivity index (χ2v) is 6.84. The first-order valence-corrected chi connectivity index (χ1v) is 9.09. The van der Waals surface area contributed by atoms with Crippen LogP contribution in [0.1, 0.15) is 0 Å². The van der Waals surface area contributed by atoms with E-state index in [1.165, 1.54) is 0 Å². The Hall–Kier alpha value is -2.55. The number of nitrogens with one attached hydrogen (secondary N) is 2. The zero-order valence-electron chi connectivity index (χ0n) is 15.0. The van der Waals surface area contributed by atoms with Crippen LogP contribution in [0.4, 0.5) is 10.3 Å².